The molecule has 1 N–H and O–H groups in total. The zero-order valence-electron chi connectivity index (χ0n) is 25.7. The first-order valence-corrected chi connectivity index (χ1v) is 15.8. The molecule has 2 amide bonds. The van der Waals surface area contributed by atoms with Gasteiger partial charge in [0.15, 0.2) is 0 Å². The second kappa shape index (κ2) is 13.7. The number of carbonyl (C=O) groups is 2. The van der Waals surface area contributed by atoms with E-state index in [9.17, 15) is 18.4 Å². The summed E-state index contributed by atoms with van der Waals surface area (Å²) in [5.41, 5.74) is 2.79. The molecule has 1 aliphatic carbocycles. The highest BCUT2D eigenvalue weighted by molar-refractivity contribution is 6.32. The van der Waals surface area contributed by atoms with Crippen molar-refractivity contribution >= 4 is 29.0 Å². The van der Waals surface area contributed by atoms with Crippen molar-refractivity contribution in [1.29, 1.82) is 0 Å². The molecular formula is C35H36ClF2N3O5. The highest BCUT2D eigenvalue weighted by Gasteiger charge is 2.43. The maximum atomic E-state index is 14.9. The number of methoxy groups -OCH3 is 1. The molecule has 242 valence electrons. The Kier molecular flexibility index (Phi) is 9.47. The average molecular weight is 652 g/mol. The largest absolute Gasteiger partial charge is 0.497 e. The van der Waals surface area contributed by atoms with E-state index in [1.807, 2.05) is 24.3 Å². The smallest absolute Gasteiger partial charge is 0.252 e. The minimum atomic E-state index is -0.438. The first-order chi connectivity index (χ1) is 22.2. The SMILES string of the molecule is COc1ccc(F)c(CN(C(=O)C2=C(c3ccc(OCCOc4cc(F)ccc4Cl)cc3)C[C@@H]3CN(C(C)=O)C[C@H]2N3)C2CC2)c1. The highest BCUT2D eigenvalue weighted by Crippen LogP contribution is 2.38. The summed E-state index contributed by atoms with van der Waals surface area (Å²) in [5, 5.41) is 3.89. The van der Waals surface area contributed by atoms with Gasteiger partial charge in [0.05, 0.1) is 18.2 Å². The van der Waals surface area contributed by atoms with Crippen LogP contribution in [0.25, 0.3) is 5.57 Å². The van der Waals surface area contributed by atoms with Crippen molar-refractivity contribution in [3.05, 3.63) is 94.0 Å². The first-order valence-electron chi connectivity index (χ1n) is 15.4. The fourth-order valence-electron chi connectivity index (χ4n) is 6.17. The molecule has 3 aromatic rings. The van der Waals surface area contributed by atoms with Crippen molar-refractivity contribution in [2.75, 3.05) is 33.4 Å². The second-order valence-corrected chi connectivity index (χ2v) is 12.3. The minimum Gasteiger partial charge on any atom is -0.497 e. The molecule has 2 fully saturated rings. The maximum Gasteiger partial charge on any atom is 0.252 e. The molecule has 11 heteroatoms. The molecule has 46 heavy (non-hydrogen) atoms. The number of amides is 2. The Hall–Kier alpha value is -4.15. The fraction of sp³-hybridized carbons (Fsp3) is 0.371. The van der Waals surface area contributed by atoms with Gasteiger partial charge in [0.1, 0.15) is 42.1 Å². The lowest BCUT2D eigenvalue weighted by atomic mass is 9.82. The Morgan fingerprint density at radius 1 is 0.978 bits per heavy atom. The predicted octanol–water partition coefficient (Wildman–Crippen LogP) is 5.62. The van der Waals surface area contributed by atoms with Gasteiger partial charge in [-0.1, -0.05) is 23.7 Å². The summed E-state index contributed by atoms with van der Waals surface area (Å²) in [6.07, 6.45) is 2.25. The standard InChI is InChI=1S/C35H36ClF2N3O5/c1-21(42)40-19-25-17-29(22-3-8-27(9-4-22)45-13-14-46-33-16-24(37)5-11-30(33)36)34(32(20-40)39-25)35(43)41(26-6-7-26)18-23-15-28(44-2)10-12-31(23)38/h3-5,8-12,15-16,25-26,32,39H,6-7,13-14,17-20H2,1-2H3/t25-,32-/m1/s1. The zero-order chi connectivity index (χ0) is 32.4. The van der Waals surface area contributed by atoms with E-state index in [1.54, 1.807) is 28.9 Å². The van der Waals surface area contributed by atoms with E-state index in [1.165, 1.54) is 31.4 Å². The van der Waals surface area contributed by atoms with Crippen molar-refractivity contribution in [2.24, 2.45) is 0 Å². The van der Waals surface area contributed by atoms with Crippen LogP contribution in [0.5, 0.6) is 17.2 Å². The highest BCUT2D eigenvalue weighted by atomic mass is 35.5. The van der Waals surface area contributed by atoms with Crippen molar-refractivity contribution in [1.82, 2.24) is 15.1 Å². The monoisotopic (exact) mass is 651 g/mol. The number of hydrogen-bond acceptors (Lipinski definition) is 6. The van der Waals surface area contributed by atoms with Gasteiger partial charge in [0, 0.05) is 55.8 Å². The van der Waals surface area contributed by atoms with Crippen molar-refractivity contribution < 1.29 is 32.6 Å². The van der Waals surface area contributed by atoms with Crippen LogP contribution in [0.3, 0.4) is 0 Å². The summed E-state index contributed by atoms with van der Waals surface area (Å²) >= 11 is 6.07. The molecule has 0 radical (unpaired) electrons. The zero-order valence-corrected chi connectivity index (χ0v) is 26.5. The van der Waals surface area contributed by atoms with E-state index >= 15 is 0 Å². The van der Waals surface area contributed by atoms with Gasteiger partial charge in [-0.3, -0.25) is 9.59 Å². The molecule has 0 spiro atoms. The Balaban J connectivity index is 1.24. The summed E-state index contributed by atoms with van der Waals surface area (Å²) in [4.78, 5) is 30.5. The third kappa shape index (κ3) is 7.13. The van der Waals surface area contributed by atoms with Gasteiger partial charge < -0.3 is 29.3 Å². The van der Waals surface area contributed by atoms with E-state index in [4.69, 9.17) is 25.8 Å². The van der Waals surface area contributed by atoms with Gasteiger partial charge in [-0.2, -0.15) is 0 Å². The van der Waals surface area contributed by atoms with Crippen molar-refractivity contribution in [3.8, 4) is 17.2 Å². The Morgan fingerprint density at radius 3 is 2.43 bits per heavy atom. The molecule has 2 heterocycles. The van der Waals surface area contributed by atoms with Gasteiger partial charge in [-0.05, 0) is 72.9 Å². The molecule has 0 unspecified atom stereocenters. The molecule has 2 aliphatic heterocycles. The number of fused-ring (bicyclic) bond motifs is 2. The summed E-state index contributed by atoms with van der Waals surface area (Å²) in [6, 6.07) is 15.7. The lowest BCUT2D eigenvalue weighted by Crippen LogP contribution is -2.61. The van der Waals surface area contributed by atoms with Gasteiger partial charge in [-0.25, -0.2) is 8.78 Å². The number of halogens is 3. The molecular weight excluding hydrogens is 616 g/mol. The van der Waals surface area contributed by atoms with E-state index < -0.39 is 11.6 Å². The minimum absolute atomic E-state index is 0.0114. The number of ether oxygens (including phenoxy) is 3. The molecule has 1 saturated carbocycles. The van der Waals surface area contributed by atoms with E-state index in [0.29, 0.717) is 47.2 Å². The molecule has 3 aromatic carbocycles. The molecule has 2 bridgehead atoms. The van der Waals surface area contributed by atoms with Gasteiger partial charge in [0.25, 0.3) is 5.91 Å². The third-order valence-electron chi connectivity index (χ3n) is 8.63. The van der Waals surface area contributed by atoms with Crippen LogP contribution >= 0.6 is 11.6 Å². The summed E-state index contributed by atoms with van der Waals surface area (Å²) in [7, 11) is 1.53. The average Bonchev–Trinajstić information content (AvgIpc) is 3.89. The van der Waals surface area contributed by atoms with Crippen LogP contribution in [0.15, 0.2) is 66.2 Å². The number of benzene rings is 3. The van der Waals surface area contributed by atoms with Crippen molar-refractivity contribution in [2.45, 2.75) is 50.9 Å². The second-order valence-electron chi connectivity index (χ2n) is 11.9. The Bertz CT molecular complexity index is 1650. The quantitative estimate of drug-likeness (QED) is 0.271. The fourth-order valence-corrected chi connectivity index (χ4v) is 6.34. The lowest BCUT2D eigenvalue weighted by Gasteiger charge is -2.44. The molecule has 8 nitrogen and oxygen atoms in total. The molecule has 3 aliphatic rings. The predicted molar refractivity (Wildman–Crippen MR) is 170 cm³/mol. The van der Waals surface area contributed by atoms with Crippen LogP contribution in [0.2, 0.25) is 5.02 Å². The maximum absolute atomic E-state index is 14.9. The number of nitrogens with one attached hydrogen (secondary N) is 1. The van der Waals surface area contributed by atoms with Crippen LogP contribution in [0.1, 0.15) is 37.3 Å². The van der Waals surface area contributed by atoms with Crippen LogP contribution in [0, 0.1) is 11.6 Å². The lowest BCUT2D eigenvalue weighted by molar-refractivity contribution is -0.132. The summed E-state index contributed by atoms with van der Waals surface area (Å²) in [6.45, 7) is 2.97. The number of piperazine rings is 1. The van der Waals surface area contributed by atoms with Gasteiger partial charge in [-0.15, -0.1) is 0 Å². The van der Waals surface area contributed by atoms with Gasteiger partial charge in [0.2, 0.25) is 5.91 Å². The van der Waals surface area contributed by atoms with E-state index in [-0.39, 0.29) is 55.4 Å². The molecule has 0 aromatic heterocycles. The number of carbonyl (C=O) groups excluding carboxylic acids is 2. The number of rotatable bonds is 11. The Labute approximate surface area is 271 Å². The summed E-state index contributed by atoms with van der Waals surface area (Å²) in [5.74, 6) is 0.360. The van der Waals surface area contributed by atoms with Crippen LogP contribution in [0.4, 0.5) is 8.78 Å². The number of nitrogens with zero attached hydrogens (tertiary/aromatic N) is 2. The third-order valence-corrected chi connectivity index (χ3v) is 8.94. The molecule has 1 saturated heterocycles. The molecule has 2 atom stereocenters. The van der Waals surface area contributed by atoms with E-state index in [0.717, 1.165) is 24.0 Å². The summed E-state index contributed by atoms with van der Waals surface area (Å²) < 4.78 is 45.1. The number of hydrogen-bond donors (Lipinski definition) is 1. The van der Waals surface area contributed by atoms with Crippen LogP contribution in [-0.2, 0) is 16.1 Å². The first kappa shape index (κ1) is 31.8. The normalized spacial score (nSPS) is 19.1. The van der Waals surface area contributed by atoms with Crippen molar-refractivity contribution in [3.63, 3.8) is 0 Å². The van der Waals surface area contributed by atoms with E-state index in [2.05, 4.69) is 5.32 Å². The topological polar surface area (TPSA) is 80.3 Å². The molecule has 6 rings (SSSR count). The van der Waals surface area contributed by atoms with Gasteiger partial charge >= 0.3 is 0 Å². The van der Waals surface area contributed by atoms with Crippen LogP contribution < -0.4 is 19.5 Å². The Morgan fingerprint density at radius 2 is 1.72 bits per heavy atom. The van der Waals surface area contributed by atoms with Crippen LogP contribution in [-0.4, -0.2) is 73.2 Å².